The second-order valence-electron chi connectivity index (χ2n) is 14.2. The molecule has 0 aliphatic rings. The number of ether oxygens (including phenoxy) is 6. The number of rotatable bonds is 18. The molecule has 4 aromatic carbocycles. The van der Waals surface area contributed by atoms with Crippen LogP contribution in [0.25, 0.3) is 66.5 Å². The Kier molecular flexibility index (Phi) is 14.0. The minimum atomic E-state index is 0.218. The van der Waals surface area contributed by atoms with Gasteiger partial charge in [-0.2, -0.15) is 10.5 Å². The summed E-state index contributed by atoms with van der Waals surface area (Å²) in [6, 6.07) is 30.3. The maximum atomic E-state index is 11.0. The third-order valence-electron chi connectivity index (χ3n) is 10.1. The summed E-state index contributed by atoms with van der Waals surface area (Å²) in [5.74, 6) is 1.26. The monoisotopic (exact) mass is 894 g/mol. The molecule has 0 spiro atoms. The van der Waals surface area contributed by atoms with Gasteiger partial charge in [-0.3, -0.25) is 9.97 Å². The van der Waals surface area contributed by atoms with Gasteiger partial charge in [0, 0.05) is 35.0 Å². The number of aromatic amines is 2. The van der Waals surface area contributed by atoms with Crippen molar-refractivity contribution >= 4 is 67.2 Å². The van der Waals surface area contributed by atoms with Crippen LogP contribution in [0.1, 0.15) is 11.4 Å². The summed E-state index contributed by atoms with van der Waals surface area (Å²) < 4.78 is 33.2. The zero-order chi connectivity index (χ0) is 44.4. The lowest BCUT2D eigenvalue weighted by atomic mass is 10.0. The van der Waals surface area contributed by atoms with Crippen molar-refractivity contribution in [3.8, 4) is 46.2 Å². The number of nitriles is 2. The molecule has 0 unspecified atom stereocenters. The van der Waals surface area contributed by atoms with E-state index in [0.29, 0.717) is 141 Å². The highest BCUT2D eigenvalue weighted by atomic mass is 35.5. The van der Waals surface area contributed by atoms with E-state index < -0.39 is 0 Å². The van der Waals surface area contributed by atoms with Crippen LogP contribution in [0, 0.1) is 22.7 Å². The zero-order valence-corrected chi connectivity index (χ0v) is 36.3. The minimum Gasteiger partial charge on any atom is -0.491 e. The van der Waals surface area contributed by atoms with Crippen molar-refractivity contribution in [2.75, 3.05) is 67.1 Å². The Morgan fingerprint density at radius 2 is 0.938 bits per heavy atom. The molecule has 4 heterocycles. The second-order valence-corrected chi connectivity index (χ2v) is 15.1. The van der Waals surface area contributed by atoms with Crippen molar-refractivity contribution in [1.82, 2.24) is 29.9 Å². The molecule has 8 rings (SSSR count). The van der Waals surface area contributed by atoms with Crippen molar-refractivity contribution in [1.29, 1.82) is 10.5 Å². The van der Waals surface area contributed by atoms with Crippen LogP contribution in [-0.2, 0) is 18.9 Å². The number of aromatic nitrogens is 6. The number of hydrogen-bond donors (Lipinski definition) is 2. The molecule has 64 heavy (non-hydrogen) atoms. The maximum absolute atomic E-state index is 11.0. The number of H-pyrrole nitrogens is 2. The van der Waals surface area contributed by atoms with Crippen molar-refractivity contribution < 1.29 is 28.4 Å². The SMILES string of the molecule is COCCOCCOc1ccc(-c2[nH]/c(=C(/C#N)c3cnc4cc(Cl)ccc4n3)c3c(-c4ccc(OCCOCCOC)cc4)[nH]/c(=C(/C#N)c4cnc5cc(Cl)ccc5n4)c23)cc1. The lowest BCUT2D eigenvalue weighted by molar-refractivity contribution is 0.0544. The summed E-state index contributed by atoms with van der Waals surface area (Å²) in [6.45, 7) is 3.41. The molecule has 0 radical (unpaired) electrons. The van der Waals surface area contributed by atoms with Gasteiger partial charge < -0.3 is 38.4 Å². The lowest BCUT2D eigenvalue weighted by Gasteiger charge is -2.08. The van der Waals surface area contributed by atoms with E-state index in [1.165, 1.54) is 0 Å². The largest absolute Gasteiger partial charge is 0.491 e. The van der Waals surface area contributed by atoms with Crippen LogP contribution in [-0.4, -0.2) is 97.0 Å². The van der Waals surface area contributed by atoms with Crippen molar-refractivity contribution in [3.63, 3.8) is 0 Å². The quantitative estimate of drug-likeness (QED) is 0.0807. The smallest absolute Gasteiger partial charge is 0.119 e. The van der Waals surface area contributed by atoms with Crippen LogP contribution < -0.4 is 20.2 Å². The molecule has 0 aliphatic heterocycles. The summed E-state index contributed by atoms with van der Waals surface area (Å²) in [5, 5.41) is 25.2. The normalized spacial score (nSPS) is 12.3. The first-order valence-corrected chi connectivity index (χ1v) is 20.9. The topological polar surface area (TPSA) is 186 Å². The Bertz CT molecular complexity index is 2950. The molecule has 16 heteroatoms. The molecule has 0 bridgehead atoms. The highest BCUT2D eigenvalue weighted by Gasteiger charge is 2.23. The number of nitrogens with one attached hydrogen (secondary N) is 2. The summed E-state index contributed by atoms with van der Waals surface area (Å²) >= 11 is 12.5. The molecule has 0 atom stereocenters. The summed E-state index contributed by atoms with van der Waals surface area (Å²) in [4.78, 5) is 26.2. The van der Waals surface area contributed by atoms with Gasteiger partial charge in [-0.05, 0) is 96.1 Å². The van der Waals surface area contributed by atoms with Crippen LogP contribution in [0.4, 0.5) is 0 Å². The van der Waals surface area contributed by atoms with Gasteiger partial charge in [0.2, 0.25) is 0 Å². The Labute approximate surface area is 377 Å². The van der Waals surface area contributed by atoms with Gasteiger partial charge >= 0.3 is 0 Å². The molecule has 0 aliphatic carbocycles. The third-order valence-corrected chi connectivity index (χ3v) is 10.6. The molecule has 322 valence electrons. The molecular weight excluding hydrogens is 855 g/mol. The number of methoxy groups -OCH3 is 2. The van der Waals surface area contributed by atoms with E-state index in [1.807, 2.05) is 48.5 Å². The lowest BCUT2D eigenvalue weighted by Crippen LogP contribution is -2.12. The van der Waals surface area contributed by atoms with E-state index >= 15 is 0 Å². The number of fused-ring (bicyclic) bond motifs is 3. The van der Waals surface area contributed by atoms with Crippen molar-refractivity contribution in [2.45, 2.75) is 0 Å². The predicted octanol–water partition coefficient (Wildman–Crippen LogP) is 7.55. The van der Waals surface area contributed by atoms with Gasteiger partial charge in [-0.25, -0.2) is 9.97 Å². The molecular formula is C48H40Cl2N8O6. The highest BCUT2D eigenvalue weighted by Crippen LogP contribution is 2.33. The number of benzene rings is 4. The second kappa shape index (κ2) is 20.5. The van der Waals surface area contributed by atoms with E-state index in [0.717, 1.165) is 11.1 Å². The summed E-state index contributed by atoms with van der Waals surface area (Å²) in [5.41, 5.74) is 6.10. The summed E-state index contributed by atoms with van der Waals surface area (Å²) in [6.07, 6.45) is 3.10. The molecule has 0 saturated carbocycles. The van der Waals surface area contributed by atoms with E-state index in [9.17, 15) is 10.5 Å². The van der Waals surface area contributed by atoms with E-state index in [-0.39, 0.29) is 11.1 Å². The molecule has 2 N–H and O–H groups in total. The van der Waals surface area contributed by atoms with Crippen LogP contribution >= 0.6 is 23.2 Å². The molecule has 14 nitrogen and oxygen atoms in total. The van der Waals surface area contributed by atoms with Gasteiger partial charge in [-0.15, -0.1) is 0 Å². The molecule has 4 aromatic heterocycles. The van der Waals surface area contributed by atoms with Crippen LogP contribution in [0.2, 0.25) is 10.0 Å². The fourth-order valence-electron chi connectivity index (χ4n) is 7.11. The zero-order valence-electron chi connectivity index (χ0n) is 34.8. The maximum Gasteiger partial charge on any atom is 0.119 e. The van der Waals surface area contributed by atoms with Gasteiger partial charge in [0.1, 0.15) is 59.4 Å². The average Bonchev–Trinajstić information content (AvgIpc) is 3.89. The van der Waals surface area contributed by atoms with Gasteiger partial charge in [0.05, 0.1) is 96.2 Å². The average molecular weight is 896 g/mol. The first kappa shape index (κ1) is 43.8. The van der Waals surface area contributed by atoms with Crippen LogP contribution in [0.3, 0.4) is 0 Å². The Morgan fingerprint density at radius 3 is 1.33 bits per heavy atom. The first-order chi connectivity index (χ1) is 31.4. The van der Waals surface area contributed by atoms with E-state index in [1.54, 1.807) is 63.0 Å². The Hall–Kier alpha value is -6.88. The first-order valence-electron chi connectivity index (χ1n) is 20.2. The fraction of sp³-hybridized carbons (Fsp3) is 0.208. The number of hydrogen-bond acceptors (Lipinski definition) is 12. The Balaban J connectivity index is 1.35. The highest BCUT2D eigenvalue weighted by molar-refractivity contribution is 6.31. The van der Waals surface area contributed by atoms with Crippen LogP contribution in [0.5, 0.6) is 11.5 Å². The molecule has 0 fully saturated rings. The van der Waals surface area contributed by atoms with Gasteiger partial charge in [0.15, 0.2) is 0 Å². The van der Waals surface area contributed by atoms with E-state index in [2.05, 4.69) is 32.1 Å². The standard InChI is InChI=1S/C48H40Cl2N8O6/c1-59-15-17-61-19-21-63-33-9-3-29(4-10-33)45-43-44(48(57-45)36(26-52)42-28-54-40-24-32(50)8-14-38(40)56-42)46(30-5-11-34(12-6-30)64-22-20-62-18-16-60-2)58-47(43)35(25-51)41-27-53-39-23-31(49)7-13-37(39)55-41/h3-14,23-24,27-28,57-58H,15-22H2,1-2H3/b47-35-,48-36-. The van der Waals surface area contributed by atoms with Crippen molar-refractivity contribution in [2.24, 2.45) is 0 Å². The Morgan fingerprint density at radius 1 is 0.531 bits per heavy atom. The predicted molar refractivity (Wildman–Crippen MR) is 244 cm³/mol. The molecule has 0 saturated heterocycles. The summed E-state index contributed by atoms with van der Waals surface area (Å²) in [7, 11) is 3.25. The fourth-order valence-corrected chi connectivity index (χ4v) is 7.44. The molecule has 0 amide bonds. The third kappa shape index (κ3) is 9.68. The van der Waals surface area contributed by atoms with Gasteiger partial charge in [0.25, 0.3) is 0 Å². The van der Waals surface area contributed by atoms with Gasteiger partial charge in [-0.1, -0.05) is 23.2 Å². The minimum absolute atomic E-state index is 0.218. The van der Waals surface area contributed by atoms with E-state index in [4.69, 9.17) is 61.6 Å². The van der Waals surface area contributed by atoms with Crippen molar-refractivity contribution in [3.05, 3.63) is 129 Å². The number of nitrogens with zero attached hydrogens (tertiary/aromatic N) is 6. The number of halogens is 2. The van der Waals surface area contributed by atoms with Crippen LogP contribution in [0.15, 0.2) is 97.3 Å². The molecule has 8 aromatic rings.